The molecule has 5 rings (SSSR count). The van der Waals surface area contributed by atoms with Crippen LogP contribution in [0, 0.1) is 0 Å². The van der Waals surface area contributed by atoms with E-state index in [1.807, 2.05) is 15.9 Å². The molecular weight excluding hydrogens is 294 g/mol. The lowest BCUT2D eigenvalue weighted by atomic mass is 10.0. The van der Waals surface area contributed by atoms with Gasteiger partial charge in [0, 0.05) is 17.5 Å². The third-order valence-corrected chi connectivity index (χ3v) is 6.31. The van der Waals surface area contributed by atoms with Crippen molar-refractivity contribution in [3.8, 4) is 0 Å². The van der Waals surface area contributed by atoms with Crippen molar-refractivity contribution in [3.05, 3.63) is 16.8 Å². The van der Waals surface area contributed by atoms with Crippen molar-refractivity contribution < 1.29 is 0 Å². The zero-order valence-corrected chi connectivity index (χ0v) is 13.6. The normalized spacial score (nSPS) is 21.9. The summed E-state index contributed by atoms with van der Waals surface area (Å²) < 4.78 is 1.97. The topological polar surface area (TPSA) is 46.3 Å². The molecule has 1 aliphatic carbocycles. The lowest BCUT2D eigenvalue weighted by molar-refractivity contribution is 0.474. The van der Waals surface area contributed by atoms with E-state index in [1.165, 1.54) is 54.4 Å². The Hall–Kier alpha value is -1.69. The molecule has 3 aromatic heterocycles. The summed E-state index contributed by atoms with van der Waals surface area (Å²) in [6, 6.07) is 0.526. The Morgan fingerprint density at radius 3 is 3.09 bits per heavy atom. The highest BCUT2D eigenvalue weighted by Gasteiger charge is 2.27. The zero-order chi connectivity index (χ0) is 14.7. The predicted molar refractivity (Wildman–Crippen MR) is 88.8 cm³/mol. The molecule has 5 nitrogen and oxygen atoms in total. The van der Waals surface area contributed by atoms with Crippen molar-refractivity contribution >= 4 is 33.1 Å². The second-order valence-electron chi connectivity index (χ2n) is 6.48. The van der Waals surface area contributed by atoms with Crippen molar-refractivity contribution in [1.29, 1.82) is 0 Å². The molecule has 114 valence electrons. The summed E-state index contributed by atoms with van der Waals surface area (Å²) in [7, 11) is 0. The van der Waals surface area contributed by atoms with Gasteiger partial charge in [0.15, 0.2) is 5.65 Å². The molecule has 0 aromatic carbocycles. The molecule has 0 N–H and O–H groups in total. The van der Waals surface area contributed by atoms with Gasteiger partial charge < -0.3 is 4.90 Å². The third-order valence-electron chi connectivity index (χ3n) is 5.12. The van der Waals surface area contributed by atoms with Crippen LogP contribution >= 0.6 is 11.3 Å². The molecule has 1 aliphatic heterocycles. The quantitative estimate of drug-likeness (QED) is 0.692. The van der Waals surface area contributed by atoms with Gasteiger partial charge in [0.05, 0.1) is 5.39 Å². The summed E-state index contributed by atoms with van der Waals surface area (Å²) in [5, 5.41) is 5.74. The van der Waals surface area contributed by atoms with Crippen LogP contribution in [0.1, 0.15) is 43.0 Å². The molecule has 2 aliphatic rings. The molecule has 0 bridgehead atoms. The average Bonchev–Trinajstić information content (AvgIpc) is 3.21. The van der Waals surface area contributed by atoms with Gasteiger partial charge in [-0.2, -0.15) is 9.61 Å². The summed E-state index contributed by atoms with van der Waals surface area (Å²) >= 11 is 1.87. The molecule has 0 radical (unpaired) electrons. The summed E-state index contributed by atoms with van der Waals surface area (Å²) in [5.41, 5.74) is 2.47. The lowest BCUT2D eigenvalue weighted by Gasteiger charge is -2.34. The van der Waals surface area contributed by atoms with Crippen LogP contribution in [0.15, 0.2) is 6.33 Å². The van der Waals surface area contributed by atoms with E-state index in [4.69, 9.17) is 4.98 Å². The lowest BCUT2D eigenvalue weighted by Crippen LogP contribution is -2.39. The van der Waals surface area contributed by atoms with Gasteiger partial charge in [-0.25, -0.2) is 9.97 Å². The summed E-state index contributed by atoms with van der Waals surface area (Å²) in [6.45, 7) is 3.36. The molecule has 0 spiro atoms. The van der Waals surface area contributed by atoms with Gasteiger partial charge in [-0.15, -0.1) is 11.3 Å². The van der Waals surface area contributed by atoms with Crippen molar-refractivity contribution in [2.45, 2.75) is 51.5 Å². The van der Waals surface area contributed by atoms with Crippen molar-refractivity contribution in [1.82, 2.24) is 19.6 Å². The minimum absolute atomic E-state index is 0.526. The van der Waals surface area contributed by atoms with Gasteiger partial charge in [-0.05, 0) is 51.0 Å². The molecule has 22 heavy (non-hydrogen) atoms. The number of anilines is 1. The Kier molecular flexibility index (Phi) is 2.71. The average molecular weight is 313 g/mol. The fourth-order valence-corrected chi connectivity index (χ4v) is 5.23. The molecule has 6 heteroatoms. The van der Waals surface area contributed by atoms with Gasteiger partial charge >= 0.3 is 0 Å². The number of rotatable bonds is 1. The Morgan fingerprint density at radius 2 is 2.18 bits per heavy atom. The van der Waals surface area contributed by atoms with Crippen molar-refractivity contribution in [2.24, 2.45) is 0 Å². The number of hydrogen-bond acceptors (Lipinski definition) is 5. The highest BCUT2D eigenvalue weighted by molar-refractivity contribution is 7.19. The van der Waals surface area contributed by atoms with Gasteiger partial charge in [-0.1, -0.05) is 0 Å². The summed E-state index contributed by atoms with van der Waals surface area (Å²) in [6.07, 6.45) is 9.09. The van der Waals surface area contributed by atoms with Gasteiger partial charge in [0.25, 0.3) is 0 Å². The minimum Gasteiger partial charge on any atom is -0.338 e. The number of thiophene rings is 1. The van der Waals surface area contributed by atoms with Gasteiger partial charge in [0.1, 0.15) is 11.2 Å². The monoisotopic (exact) mass is 313 g/mol. The van der Waals surface area contributed by atoms with Crippen LogP contribution in [0.3, 0.4) is 0 Å². The van der Waals surface area contributed by atoms with Crippen LogP contribution in [0.4, 0.5) is 5.95 Å². The molecule has 0 unspecified atom stereocenters. The van der Waals surface area contributed by atoms with Crippen LogP contribution in [0.2, 0.25) is 0 Å². The summed E-state index contributed by atoms with van der Waals surface area (Å²) in [4.78, 5) is 14.7. The number of aromatic nitrogens is 4. The van der Waals surface area contributed by atoms with E-state index >= 15 is 0 Å². The first-order valence-electron chi connectivity index (χ1n) is 8.23. The van der Waals surface area contributed by atoms with Crippen molar-refractivity contribution in [2.75, 3.05) is 11.4 Å². The van der Waals surface area contributed by atoms with Crippen LogP contribution in [-0.2, 0) is 12.8 Å². The number of fused-ring (bicyclic) bond motifs is 5. The number of piperidine rings is 1. The second kappa shape index (κ2) is 4.65. The Bertz CT molecular complexity index is 864. The Labute approximate surface area is 133 Å². The second-order valence-corrected chi connectivity index (χ2v) is 7.57. The maximum atomic E-state index is 5.02. The molecule has 1 saturated heterocycles. The van der Waals surface area contributed by atoms with Crippen molar-refractivity contribution in [3.63, 3.8) is 0 Å². The minimum atomic E-state index is 0.526. The van der Waals surface area contributed by atoms with E-state index in [0.717, 1.165) is 23.0 Å². The van der Waals surface area contributed by atoms with Crippen LogP contribution in [0.5, 0.6) is 0 Å². The Morgan fingerprint density at radius 1 is 1.23 bits per heavy atom. The van der Waals surface area contributed by atoms with Crippen LogP contribution in [0.25, 0.3) is 15.9 Å². The van der Waals surface area contributed by atoms with E-state index in [-0.39, 0.29) is 0 Å². The Balaban J connectivity index is 1.79. The molecular formula is C16H19N5S. The van der Waals surface area contributed by atoms with E-state index in [0.29, 0.717) is 6.04 Å². The fourth-order valence-electron chi connectivity index (χ4n) is 3.98. The molecule has 0 saturated carbocycles. The number of hydrogen-bond donors (Lipinski definition) is 0. The standard InChI is InChI=1S/C16H19N5S/c1-10-5-2-3-8-20(10)16-19-15-13(14-17-9-18-21(14)16)11-6-4-7-12(11)22-15/h9-10H,2-8H2,1H3/t10-/m0/s1. The molecule has 0 amide bonds. The highest BCUT2D eigenvalue weighted by Crippen LogP contribution is 2.39. The first-order chi connectivity index (χ1) is 10.8. The van der Waals surface area contributed by atoms with Gasteiger partial charge in [-0.3, -0.25) is 0 Å². The molecule has 1 fully saturated rings. The van der Waals surface area contributed by atoms with Gasteiger partial charge in [0.2, 0.25) is 5.95 Å². The highest BCUT2D eigenvalue weighted by atomic mass is 32.1. The molecule has 3 aromatic rings. The van der Waals surface area contributed by atoms with E-state index in [2.05, 4.69) is 21.9 Å². The first-order valence-corrected chi connectivity index (χ1v) is 9.05. The maximum Gasteiger partial charge on any atom is 0.230 e. The SMILES string of the molecule is C[C@H]1CCCCN1c1nc2sc3c(c2c2ncnn12)CCC3. The maximum absolute atomic E-state index is 5.02. The number of nitrogens with zero attached hydrogens (tertiary/aromatic N) is 5. The predicted octanol–water partition coefficient (Wildman–Crippen LogP) is 3.21. The van der Waals surface area contributed by atoms with Crippen LogP contribution in [-0.4, -0.2) is 32.2 Å². The number of aryl methyl sites for hydroxylation is 2. The van der Waals surface area contributed by atoms with Crippen LogP contribution < -0.4 is 4.90 Å². The molecule has 1 atom stereocenters. The summed E-state index contributed by atoms with van der Waals surface area (Å²) in [5.74, 6) is 0.979. The largest absolute Gasteiger partial charge is 0.338 e. The zero-order valence-electron chi connectivity index (χ0n) is 12.7. The smallest absolute Gasteiger partial charge is 0.230 e. The van der Waals surface area contributed by atoms with E-state index in [1.54, 1.807) is 6.33 Å². The third kappa shape index (κ3) is 1.67. The van der Waals surface area contributed by atoms with E-state index in [9.17, 15) is 0 Å². The first kappa shape index (κ1) is 12.8. The fraction of sp³-hybridized carbons (Fsp3) is 0.562. The molecule has 4 heterocycles. The van der Waals surface area contributed by atoms with E-state index < -0.39 is 0 Å².